The van der Waals surface area contributed by atoms with Gasteiger partial charge in [0.05, 0.1) is 12.2 Å². The van der Waals surface area contributed by atoms with Crippen molar-refractivity contribution in [3.8, 4) is 0 Å². The van der Waals surface area contributed by atoms with Gasteiger partial charge >= 0.3 is 0 Å². The molecule has 0 aromatic carbocycles. The van der Waals surface area contributed by atoms with Crippen molar-refractivity contribution in [2.45, 2.75) is 0 Å². The molecule has 0 amide bonds. The molecule has 0 aromatic heterocycles. The molecule has 5 heavy (non-hydrogen) atoms. The number of hydrogen-bond donors (Lipinski definition) is 1. The SMILES string of the molecule is S=[P+](S)CCl. The van der Waals surface area contributed by atoms with Gasteiger partial charge in [-0.3, -0.25) is 0 Å². The maximum absolute atomic E-state index is 5.18. The fourth-order valence-electron chi connectivity index (χ4n) is 0. The highest BCUT2D eigenvalue weighted by Crippen LogP contribution is 2.26. The molecular weight excluding hydrogens is 143 g/mol. The summed E-state index contributed by atoms with van der Waals surface area (Å²) in [4.78, 5) is 0. The predicted molar refractivity (Wildman–Crippen MR) is 34.0 cm³/mol. The average Bonchev–Trinajstić information content (AvgIpc) is 1.38. The molecule has 0 aliphatic heterocycles. The van der Waals surface area contributed by atoms with Crippen LogP contribution < -0.4 is 0 Å². The highest BCUT2D eigenvalue weighted by atomic mass is 35.5. The molecule has 0 aliphatic carbocycles. The minimum atomic E-state index is -0.555. The summed E-state index contributed by atoms with van der Waals surface area (Å²) in [6.45, 7) is 0. The van der Waals surface area contributed by atoms with E-state index >= 15 is 0 Å². The fraction of sp³-hybridized carbons (Fsp3) is 1.00. The molecule has 0 N–H and O–H groups in total. The molecule has 0 spiro atoms. The largest absolute Gasteiger partial charge is 0.257 e. The zero-order chi connectivity index (χ0) is 4.28. The van der Waals surface area contributed by atoms with Crippen molar-refractivity contribution < 1.29 is 0 Å². The minimum Gasteiger partial charge on any atom is -0.0715 e. The molecule has 0 nitrogen and oxygen atoms in total. The van der Waals surface area contributed by atoms with E-state index in [0.29, 0.717) is 5.62 Å². The van der Waals surface area contributed by atoms with E-state index in [1.165, 1.54) is 0 Å². The Bertz CT molecular complexity index is 44.9. The summed E-state index contributed by atoms with van der Waals surface area (Å²) in [5.74, 6) is -0.555. The molecule has 1 atom stereocenters. The molecule has 0 aliphatic rings. The van der Waals surface area contributed by atoms with Crippen LogP contribution in [0, 0.1) is 0 Å². The Balaban J connectivity index is 2.85. The maximum Gasteiger partial charge on any atom is 0.257 e. The Labute approximate surface area is 47.5 Å². The van der Waals surface area contributed by atoms with E-state index in [4.69, 9.17) is 11.6 Å². The van der Waals surface area contributed by atoms with Crippen LogP contribution in [0.25, 0.3) is 0 Å². The van der Waals surface area contributed by atoms with Gasteiger partial charge in [-0.1, -0.05) is 11.6 Å². The first-order valence-corrected chi connectivity index (χ1v) is 5.19. The van der Waals surface area contributed by atoms with Crippen LogP contribution in [0.3, 0.4) is 0 Å². The van der Waals surface area contributed by atoms with Crippen molar-refractivity contribution in [2.24, 2.45) is 0 Å². The van der Waals surface area contributed by atoms with Crippen molar-refractivity contribution in [3.63, 3.8) is 0 Å². The zero-order valence-electron chi connectivity index (χ0n) is 2.39. The first-order chi connectivity index (χ1) is 2.27. The molecule has 0 radical (unpaired) electrons. The summed E-state index contributed by atoms with van der Waals surface area (Å²) in [5.41, 5.74) is 0.522. The van der Waals surface area contributed by atoms with Crippen LogP contribution in [-0.2, 0) is 11.8 Å². The molecular formula is CH3ClPS2+. The lowest BCUT2D eigenvalue weighted by Gasteiger charge is -1.56. The molecule has 0 fully saturated rings. The predicted octanol–water partition coefficient (Wildman–Crippen LogP) is 1.97. The minimum absolute atomic E-state index is 0.522. The second-order valence-electron chi connectivity index (χ2n) is 0.472. The highest BCUT2D eigenvalue weighted by molar-refractivity contribution is 8.56. The number of alkyl halides is 1. The standard InChI is InChI=1S/CH2ClPS2/c2-1-3(4)5/h1H2/p+1. The molecule has 0 heterocycles. The van der Waals surface area contributed by atoms with E-state index in [-0.39, 0.29) is 0 Å². The summed E-state index contributed by atoms with van der Waals surface area (Å²) in [5, 5.41) is 0. The Hall–Kier alpha value is 1.16. The van der Waals surface area contributed by atoms with Crippen molar-refractivity contribution in [1.82, 2.24) is 0 Å². The zero-order valence-corrected chi connectivity index (χ0v) is 5.75. The molecule has 0 bridgehead atoms. The summed E-state index contributed by atoms with van der Waals surface area (Å²) >= 11 is 13.6. The van der Waals surface area contributed by atoms with E-state index in [2.05, 4.69) is 24.1 Å². The van der Waals surface area contributed by atoms with E-state index in [1.54, 1.807) is 0 Å². The molecule has 1 unspecified atom stereocenters. The summed E-state index contributed by atoms with van der Waals surface area (Å²) in [7, 11) is 0. The van der Waals surface area contributed by atoms with Crippen LogP contribution in [0.2, 0.25) is 0 Å². The number of rotatable bonds is 1. The third kappa shape index (κ3) is 5.16. The second kappa shape index (κ2) is 3.35. The Kier molecular flexibility index (Phi) is 4.13. The Morgan fingerprint density at radius 1 is 2.00 bits per heavy atom. The molecule has 0 aromatic rings. The maximum atomic E-state index is 5.18. The third-order valence-electron chi connectivity index (χ3n) is 0.102. The van der Waals surface area contributed by atoms with E-state index in [9.17, 15) is 0 Å². The normalized spacial score (nSPS) is 11.2. The van der Waals surface area contributed by atoms with Crippen LogP contribution in [-0.4, -0.2) is 5.62 Å². The summed E-state index contributed by atoms with van der Waals surface area (Å²) in [6, 6.07) is 0. The van der Waals surface area contributed by atoms with Gasteiger partial charge in [0.2, 0.25) is 5.62 Å². The average molecular weight is 146 g/mol. The highest BCUT2D eigenvalue weighted by Gasteiger charge is 1.92. The van der Waals surface area contributed by atoms with Crippen LogP contribution in [0.15, 0.2) is 0 Å². The second-order valence-corrected chi connectivity index (χ2v) is 5.71. The van der Waals surface area contributed by atoms with Gasteiger partial charge in [-0.2, -0.15) is 0 Å². The van der Waals surface area contributed by atoms with Gasteiger partial charge in [0, 0.05) is 0 Å². The molecule has 30 valence electrons. The van der Waals surface area contributed by atoms with Crippen LogP contribution in [0.5, 0.6) is 0 Å². The van der Waals surface area contributed by atoms with Gasteiger partial charge in [-0.05, 0) is 0 Å². The monoisotopic (exact) mass is 145 g/mol. The van der Waals surface area contributed by atoms with Crippen molar-refractivity contribution in [2.75, 3.05) is 5.62 Å². The van der Waals surface area contributed by atoms with E-state index < -0.39 is 5.90 Å². The van der Waals surface area contributed by atoms with Crippen LogP contribution >= 0.6 is 29.7 Å². The van der Waals surface area contributed by atoms with Crippen molar-refractivity contribution in [3.05, 3.63) is 0 Å². The number of halogens is 1. The third-order valence-corrected chi connectivity index (χ3v) is 2.76. The van der Waals surface area contributed by atoms with Gasteiger partial charge in [-0.25, -0.2) is 0 Å². The molecule has 0 saturated heterocycles. The Morgan fingerprint density at radius 2 is 2.20 bits per heavy atom. The fourth-order valence-corrected chi connectivity index (χ4v) is 0. The van der Waals surface area contributed by atoms with Gasteiger partial charge in [0.25, 0.3) is 5.90 Å². The van der Waals surface area contributed by atoms with Gasteiger partial charge < -0.3 is 0 Å². The van der Waals surface area contributed by atoms with E-state index in [0.717, 1.165) is 0 Å². The van der Waals surface area contributed by atoms with Crippen molar-refractivity contribution in [1.29, 1.82) is 0 Å². The molecule has 0 rings (SSSR count). The lowest BCUT2D eigenvalue weighted by molar-refractivity contribution is 2.25. The topological polar surface area (TPSA) is 0 Å². The van der Waals surface area contributed by atoms with Gasteiger partial charge in [-0.15, -0.1) is 0 Å². The molecule has 4 heteroatoms. The quantitative estimate of drug-likeness (QED) is 0.335. The van der Waals surface area contributed by atoms with Crippen molar-refractivity contribution >= 4 is 41.6 Å². The van der Waals surface area contributed by atoms with Gasteiger partial charge in [0.1, 0.15) is 0 Å². The first-order valence-electron chi connectivity index (χ1n) is 0.966. The summed E-state index contributed by atoms with van der Waals surface area (Å²) < 4.78 is 0. The lowest BCUT2D eigenvalue weighted by atomic mass is 11.9. The molecule has 0 saturated carbocycles. The smallest absolute Gasteiger partial charge is 0.0715 e. The van der Waals surface area contributed by atoms with E-state index in [1.807, 2.05) is 0 Å². The van der Waals surface area contributed by atoms with Crippen LogP contribution in [0.4, 0.5) is 0 Å². The summed E-state index contributed by atoms with van der Waals surface area (Å²) in [6.07, 6.45) is 0. The number of thiol groups is 1. The number of hydrogen-bond acceptors (Lipinski definition) is 1. The first kappa shape index (κ1) is 6.16. The Morgan fingerprint density at radius 3 is 2.20 bits per heavy atom. The van der Waals surface area contributed by atoms with Crippen LogP contribution in [0.1, 0.15) is 0 Å². The van der Waals surface area contributed by atoms with Gasteiger partial charge in [0.15, 0.2) is 11.8 Å². The lowest BCUT2D eigenvalue weighted by Crippen LogP contribution is -1.39.